The first kappa shape index (κ1) is 11.9. The van der Waals surface area contributed by atoms with Crippen LogP contribution in [0.4, 0.5) is 0 Å². The normalized spacial score (nSPS) is 12.4. The van der Waals surface area contributed by atoms with Crippen LogP contribution in [0.2, 0.25) is 0 Å². The van der Waals surface area contributed by atoms with Crippen molar-refractivity contribution in [2.24, 2.45) is 5.92 Å². The molecule has 0 aromatic heterocycles. The quantitative estimate of drug-likeness (QED) is 0.574. The minimum Gasteiger partial charge on any atom is -0.396 e. The summed E-state index contributed by atoms with van der Waals surface area (Å²) < 4.78 is 0. The minimum atomic E-state index is 0.0546. The molecule has 1 N–H and O–H groups in total. The molecule has 0 aliphatic heterocycles. The zero-order valence-corrected chi connectivity index (χ0v) is 9.15. The van der Waals surface area contributed by atoms with Crippen molar-refractivity contribution >= 4 is 5.78 Å². The Morgan fingerprint density at radius 1 is 1.27 bits per heavy atom. The molecule has 1 atom stereocenters. The van der Waals surface area contributed by atoms with Crippen LogP contribution in [0.5, 0.6) is 0 Å². The van der Waals surface area contributed by atoms with Crippen molar-refractivity contribution in [3.63, 3.8) is 0 Å². The fourth-order valence-electron chi connectivity index (χ4n) is 1.58. The lowest BCUT2D eigenvalue weighted by molar-refractivity contribution is 0.0921. The third-order valence-corrected chi connectivity index (χ3v) is 2.55. The van der Waals surface area contributed by atoms with Crippen molar-refractivity contribution in [1.82, 2.24) is 0 Å². The first-order chi connectivity index (χ1) is 7.25. The summed E-state index contributed by atoms with van der Waals surface area (Å²) >= 11 is 0. The van der Waals surface area contributed by atoms with E-state index >= 15 is 0 Å². The van der Waals surface area contributed by atoms with E-state index in [-0.39, 0.29) is 18.3 Å². The smallest absolute Gasteiger partial charge is 0.165 e. The molecule has 2 heteroatoms. The molecule has 1 unspecified atom stereocenters. The fourth-order valence-corrected chi connectivity index (χ4v) is 1.58. The zero-order chi connectivity index (χ0) is 11.1. The van der Waals surface area contributed by atoms with Gasteiger partial charge in [-0.2, -0.15) is 0 Å². The summed E-state index contributed by atoms with van der Waals surface area (Å²) in [5.74, 6) is 0.257. The summed E-state index contributed by atoms with van der Waals surface area (Å²) in [7, 11) is 0. The first-order valence-electron chi connectivity index (χ1n) is 5.46. The highest BCUT2D eigenvalue weighted by atomic mass is 16.2. The molecule has 1 rings (SSSR count). The van der Waals surface area contributed by atoms with Crippen molar-refractivity contribution in [3.05, 3.63) is 35.9 Å². The number of benzene rings is 1. The Bertz CT molecular complexity index is 293. The van der Waals surface area contributed by atoms with Gasteiger partial charge < -0.3 is 5.11 Å². The van der Waals surface area contributed by atoms with E-state index < -0.39 is 0 Å². The predicted octanol–water partition coefficient (Wildman–Crippen LogP) is 2.67. The molecule has 0 aliphatic carbocycles. The highest BCUT2D eigenvalue weighted by Crippen LogP contribution is 2.14. The van der Waals surface area contributed by atoms with Gasteiger partial charge >= 0.3 is 0 Å². The monoisotopic (exact) mass is 206 g/mol. The molecule has 2 nitrogen and oxygen atoms in total. The summed E-state index contributed by atoms with van der Waals surface area (Å²) in [5.41, 5.74) is 0.786. The van der Waals surface area contributed by atoms with E-state index in [1.54, 1.807) is 0 Å². The molecule has 0 heterocycles. The third-order valence-electron chi connectivity index (χ3n) is 2.55. The number of unbranched alkanes of at least 4 members (excludes halogenated alkanes) is 1. The van der Waals surface area contributed by atoms with Crippen LogP contribution in [0.3, 0.4) is 0 Å². The molecular weight excluding hydrogens is 188 g/mol. The van der Waals surface area contributed by atoms with Gasteiger partial charge in [-0.3, -0.25) is 4.79 Å². The molecule has 0 saturated heterocycles. The van der Waals surface area contributed by atoms with E-state index in [4.69, 9.17) is 5.11 Å². The number of aliphatic hydroxyl groups excluding tert-OH is 1. The summed E-state index contributed by atoms with van der Waals surface area (Å²) in [6.07, 6.45) is 2.55. The van der Waals surface area contributed by atoms with Gasteiger partial charge in [0.1, 0.15) is 0 Å². The van der Waals surface area contributed by atoms with Gasteiger partial charge in [-0.05, 0) is 12.8 Å². The standard InChI is InChI=1S/C13H18O2/c1-11(7-5-6-10-14)13(15)12-8-3-2-4-9-12/h2-4,8-9,11,14H,5-7,10H2,1H3. The average molecular weight is 206 g/mol. The molecule has 0 spiro atoms. The van der Waals surface area contributed by atoms with Crippen LogP contribution in [-0.4, -0.2) is 17.5 Å². The van der Waals surface area contributed by atoms with Gasteiger partial charge in [0.2, 0.25) is 0 Å². The predicted molar refractivity (Wildman–Crippen MR) is 60.9 cm³/mol. The minimum absolute atomic E-state index is 0.0546. The van der Waals surface area contributed by atoms with Crippen LogP contribution in [0.1, 0.15) is 36.5 Å². The zero-order valence-electron chi connectivity index (χ0n) is 9.15. The van der Waals surface area contributed by atoms with E-state index in [9.17, 15) is 4.79 Å². The fraction of sp³-hybridized carbons (Fsp3) is 0.462. The topological polar surface area (TPSA) is 37.3 Å². The van der Waals surface area contributed by atoms with Crippen LogP contribution in [0, 0.1) is 5.92 Å². The van der Waals surface area contributed by atoms with Gasteiger partial charge in [-0.1, -0.05) is 43.7 Å². The van der Waals surface area contributed by atoms with Gasteiger partial charge in [-0.25, -0.2) is 0 Å². The van der Waals surface area contributed by atoms with Gasteiger partial charge in [0.25, 0.3) is 0 Å². The molecule has 82 valence electrons. The van der Waals surface area contributed by atoms with E-state index in [1.807, 2.05) is 37.3 Å². The maximum absolute atomic E-state index is 11.9. The Labute approximate surface area is 90.9 Å². The van der Waals surface area contributed by atoms with E-state index in [0.29, 0.717) is 0 Å². The van der Waals surface area contributed by atoms with Gasteiger partial charge in [0.15, 0.2) is 5.78 Å². The van der Waals surface area contributed by atoms with E-state index in [0.717, 1.165) is 24.8 Å². The number of carbonyl (C=O) groups is 1. The average Bonchev–Trinajstić information content (AvgIpc) is 2.29. The number of hydrogen-bond donors (Lipinski definition) is 1. The van der Waals surface area contributed by atoms with E-state index in [1.165, 1.54) is 0 Å². The molecule has 0 saturated carbocycles. The van der Waals surface area contributed by atoms with Crippen LogP contribution in [0.25, 0.3) is 0 Å². The van der Waals surface area contributed by atoms with Crippen LogP contribution >= 0.6 is 0 Å². The van der Waals surface area contributed by atoms with Crippen molar-refractivity contribution in [2.45, 2.75) is 26.2 Å². The largest absolute Gasteiger partial charge is 0.396 e. The second-order valence-corrected chi connectivity index (χ2v) is 3.85. The van der Waals surface area contributed by atoms with Crippen LogP contribution < -0.4 is 0 Å². The van der Waals surface area contributed by atoms with E-state index in [2.05, 4.69) is 0 Å². The molecule has 15 heavy (non-hydrogen) atoms. The SMILES string of the molecule is CC(CCCCO)C(=O)c1ccccc1. The number of hydrogen-bond acceptors (Lipinski definition) is 2. The summed E-state index contributed by atoms with van der Waals surface area (Å²) in [6.45, 7) is 2.17. The van der Waals surface area contributed by atoms with Crippen molar-refractivity contribution in [3.8, 4) is 0 Å². The van der Waals surface area contributed by atoms with Crippen molar-refractivity contribution in [2.75, 3.05) is 6.61 Å². The second kappa shape index (κ2) is 6.36. The molecule has 1 aromatic rings. The van der Waals surface area contributed by atoms with Crippen LogP contribution in [0.15, 0.2) is 30.3 Å². The number of Topliss-reactive ketones (excluding diaryl/α,β-unsaturated/α-hetero) is 1. The lowest BCUT2D eigenvalue weighted by Gasteiger charge is -2.09. The Kier molecular flexibility index (Phi) is 5.05. The highest BCUT2D eigenvalue weighted by molar-refractivity contribution is 5.97. The summed E-state index contributed by atoms with van der Waals surface area (Å²) in [5, 5.41) is 8.65. The molecule has 0 aliphatic rings. The van der Waals surface area contributed by atoms with Gasteiger partial charge in [0, 0.05) is 18.1 Å². The Morgan fingerprint density at radius 2 is 1.93 bits per heavy atom. The maximum Gasteiger partial charge on any atom is 0.165 e. The van der Waals surface area contributed by atoms with Gasteiger partial charge in [0.05, 0.1) is 0 Å². The summed E-state index contributed by atoms with van der Waals surface area (Å²) in [6, 6.07) is 9.38. The molecule has 0 amide bonds. The Balaban J connectivity index is 2.46. The molecule has 1 aromatic carbocycles. The maximum atomic E-state index is 11.9. The Hall–Kier alpha value is -1.15. The van der Waals surface area contributed by atoms with Crippen molar-refractivity contribution < 1.29 is 9.90 Å². The third kappa shape index (κ3) is 3.84. The Morgan fingerprint density at radius 3 is 2.53 bits per heavy atom. The number of ketones is 1. The lowest BCUT2D eigenvalue weighted by atomic mass is 9.94. The molecular formula is C13H18O2. The summed E-state index contributed by atoms with van der Waals surface area (Å²) in [4.78, 5) is 11.9. The number of rotatable bonds is 6. The van der Waals surface area contributed by atoms with Gasteiger partial charge in [-0.15, -0.1) is 0 Å². The van der Waals surface area contributed by atoms with Crippen LogP contribution in [-0.2, 0) is 0 Å². The number of aliphatic hydroxyl groups is 1. The number of carbonyl (C=O) groups excluding carboxylic acids is 1. The lowest BCUT2D eigenvalue weighted by Crippen LogP contribution is -2.11. The highest BCUT2D eigenvalue weighted by Gasteiger charge is 2.13. The molecule has 0 bridgehead atoms. The second-order valence-electron chi connectivity index (χ2n) is 3.85. The molecule has 0 radical (unpaired) electrons. The first-order valence-corrected chi connectivity index (χ1v) is 5.46. The van der Waals surface area contributed by atoms with Crippen molar-refractivity contribution in [1.29, 1.82) is 0 Å². The molecule has 0 fully saturated rings.